The van der Waals surface area contributed by atoms with Gasteiger partial charge in [-0.2, -0.15) is 11.8 Å². The zero-order valence-corrected chi connectivity index (χ0v) is 15.1. The van der Waals surface area contributed by atoms with Crippen molar-refractivity contribution in [3.05, 3.63) is 59.7 Å². The summed E-state index contributed by atoms with van der Waals surface area (Å²) >= 11 is 1.86. The molecule has 0 N–H and O–H groups in total. The first-order chi connectivity index (χ1) is 11.6. The van der Waals surface area contributed by atoms with E-state index in [1.54, 1.807) is 7.11 Å². The van der Waals surface area contributed by atoms with Crippen molar-refractivity contribution in [1.29, 1.82) is 0 Å². The van der Waals surface area contributed by atoms with Gasteiger partial charge in [-0.05, 0) is 35.9 Å². The number of hydrogen-bond donors (Lipinski definition) is 0. The van der Waals surface area contributed by atoms with Crippen molar-refractivity contribution < 1.29 is 14.3 Å². The molecule has 2 aromatic rings. The summed E-state index contributed by atoms with van der Waals surface area (Å²) < 4.78 is 11.0. The van der Waals surface area contributed by atoms with E-state index in [4.69, 9.17) is 9.47 Å². The largest absolute Gasteiger partial charge is 0.497 e. The standard InChI is InChI=1S/C20H22O3S/c1-4-24-14(2)13-20(15-8-6-5-7-9-15)17-12-16(22-3)10-11-18(17)23-19(20)21/h5-12,14H,4,13H2,1-3H3. The smallest absolute Gasteiger partial charge is 0.326 e. The van der Waals surface area contributed by atoms with Crippen molar-refractivity contribution >= 4 is 17.7 Å². The zero-order chi connectivity index (χ0) is 17.2. The number of esters is 1. The quantitative estimate of drug-likeness (QED) is 0.575. The van der Waals surface area contributed by atoms with Crippen LogP contribution in [0.4, 0.5) is 0 Å². The second-order valence-corrected chi connectivity index (χ2v) is 7.71. The van der Waals surface area contributed by atoms with E-state index in [0.29, 0.717) is 17.4 Å². The Morgan fingerprint density at radius 3 is 2.62 bits per heavy atom. The topological polar surface area (TPSA) is 35.5 Å². The third kappa shape index (κ3) is 2.80. The fourth-order valence-electron chi connectivity index (χ4n) is 3.44. The van der Waals surface area contributed by atoms with Gasteiger partial charge in [-0.3, -0.25) is 4.79 Å². The maximum Gasteiger partial charge on any atom is 0.326 e. The molecular formula is C20H22O3S. The highest BCUT2D eigenvalue weighted by molar-refractivity contribution is 7.99. The molecule has 0 radical (unpaired) electrons. The summed E-state index contributed by atoms with van der Waals surface area (Å²) in [4.78, 5) is 13.0. The molecule has 126 valence electrons. The Kier molecular flexibility index (Phi) is 4.86. The number of hydrogen-bond acceptors (Lipinski definition) is 4. The zero-order valence-electron chi connectivity index (χ0n) is 14.2. The van der Waals surface area contributed by atoms with Crippen LogP contribution in [0.25, 0.3) is 0 Å². The van der Waals surface area contributed by atoms with Crippen LogP contribution in [0.15, 0.2) is 48.5 Å². The SMILES string of the molecule is CCSC(C)CC1(c2ccccc2)C(=O)Oc2ccc(OC)cc21. The lowest BCUT2D eigenvalue weighted by Gasteiger charge is -2.29. The first-order valence-electron chi connectivity index (χ1n) is 8.19. The Bertz CT molecular complexity index is 729. The van der Waals surface area contributed by atoms with E-state index in [1.807, 2.05) is 60.3 Å². The van der Waals surface area contributed by atoms with Crippen molar-refractivity contribution in [3.63, 3.8) is 0 Å². The summed E-state index contributed by atoms with van der Waals surface area (Å²) in [5, 5.41) is 0.333. The molecule has 2 atom stereocenters. The fraction of sp³-hybridized carbons (Fsp3) is 0.350. The molecule has 2 unspecified atom stereocenters. The van der Waals surface area contributed by atoms with Crippen LogP contribution in [0, 0.1) is 0 Å². The first-order valence-corrected chi connectivity index (χ1v) is 9.24. The van der Waals surface area contributed by atoms with Crippen LogP contribution in [0.3, 0.4) is 0 Å². The Morgan fingerprint density at radius 2 is 1.96 bits per heavy atom. The average molecular weight is 342 g/mol. The van der Waals surface area contributed by atoms with E-state index in [1.165, 1.54) is 0 Å². The van der Waals surface area contributed by atoms with Gasteiger partial charge in [0.25, 0.3) is 0 Å². The van der Waals surface area contributed by atoms with Crippen molar-refractivity contribution in [1.82, 2.24) is 0 Å². The lowest BCUT2D eigenvalue weighted by molar-refractivity contribution is -0.137. The van der Waals surface area contributed by atoms with Gasteiger partial charge in [-0.15, -0.1) is 0 Å². The number of rotatable bonds is 6. The minimum atomic E-state index is -0.771. The third-order valence-corrected chi connectivity index (χ3v) is 5.58. The number of thioether (sulfide) groups is 1. The molecule has 0 aromatic heterocycles. The molecule has 4 heteroatoms. The van der Waals surface area contributed by atoms with Gasteiger partial charge in [0.05, 0.1) is 7.11 Å². The molecule has 1 heterocycles. The number of carbonyl (C=O) groups is 1. The Balaban J connectivity index is 2.17. The fourth-order valence-corrected chi connectivity index (χ4v) is 4.37. The molecule has 0 bridgehead atoms. The number of carbonyl (C=O) groups excluding carboxylic acids is 1. The molecule has 3 rings (SSSR count). The summed E-state index contributed by atoms with van der Waals surface area (Å²) in [6.07, 6.45) is 0.703. The highest BCUT2D eigenvalue weighted by Crippen LogP contribution is 2.49. The van der Waals surface area contributed by atoms with E-state index >= 15 is 0 Å². The Hall–Kier alpha value is -1.94. The molecule has 24 heavy (non-hydrogen) atoms. The number of methoxy groups -OCH3 is 1. The highest BCUT2D eigenvalue weighted by Gasteiger charge is 2.51. The molecule has 0 saturated carbocycles. The molecule has 1 aliphatic rings. The van der Waals surface area contributed by atoms with E-state index < -0.39 is 5.41 Å². The molecule has 3 nitrogen and oxygen atoms in total. The number of fused-ring (bicyclic) bond motifs is 1. The van der Waals surface area contributed by atoms with E-state index in [9.17, 15) is 4.79 Å². The van der Waals surface area contributed by atoms with Crippen LogP contribution in [-0.4, -0.2) is 24.1 Å². The highest BCUT2D eigenvalue weighted by atomic mass is 32.2. The minimum absolute atomic E-state index is 0.194. The van der Waals surface area contributed by atoms with Crippen molar-refractivity contribution in [3.8, 4) is 11.5 Å². The van der Waals surface area contributed by atoms with Gasteiger partial charge in [-0.25, -0.2) is 0 Å². The van der Waals surface area contributed by atoms with Gasteiger partial charge >= 0.3 is 5.97 Å². The van der Waals surface area contributed by atoms with Crippen molar-refractivity contribution in [2.75, 3.05) is 12.9 Å². The van der Waals surface area contributed by atoms with Crippen molar-refractivity contribution in [2.24, 2.45) is 0 Å². The molecule has 1 aliphatic heterocycles. The van der Waals surface area contributed by atoms with Gasteiger partial charge in [0.2, 0.25) is 0 Å². The van der Waals surface area contributed by atoms with Crippen LogP contribution >= 0.6 is 11.8 Å². The summed E-state index contributed by atoms with van der Waals surface area (Å²) in [6.45, 7) is 4.31. The monoisotopic (exact) mass is 342 g/mol. The number of benzene rings is 2. The average Bonchev–Trinajstić information content (AvgIpc) is 2.88. The summed E-state index contributed by atoms with van der Waals surface area (Å²) in [6, 6.07) is 15.5. The first kappa shape index (κ1) is 16.9. The normalized spacial score (nSPS) is 20.4. The van der Waals surface area contributed by atoms with Crippen LogP contribution in [0.5, 0.6) is 11.5 Å². The van der Waals surface area contributed by atoms with Crippen LogP contribution in [0.2, 0.25) is 0 Å². The Morgan fingerprint density at radius 1 is 1.21 bits per heavy atom. The summed E-state index contributed by atoms with van der Waals surface area (Å²) in [5.74, 6) is 2.20. The van der Waals surface area contributed by atoms with Gasteiger partial charge in [0.1, 0.15) is 16.9 Å². The minimum Gasteiger partial charge on any atom is -0.497 e. The van der Waals surface area contributed by atoms with Gasteiger partial charge in [0.15, 0.2) is 0 Å². The van der Waals surface area contributed by atoms with Crippen LogP contribution < -0.4 is 9.47 Å². The predicted molar refractivity (Wildman–Crippen MR) is 98.1 cm³/mol. The molecule has 0 aliphatic carbocycles. The molecule has 0 saturated heterocycles. The van der Waals surface area contributed by atoms with Gasteiger partial charge in [0, 0.05) is 10.8 Å². The molecule has 0 fully saturated rings. The summed E-state index contributed by atoms with van der Waals surface area (Å²) in [5.41, 5.74) is 1.11. The maximum absolute atomic E-state index is 13.0. The lowest BCUT2D eigenvalue weighted by Crippen LogP contribution is -2.37. The molecule has 0 spiro atoms. The van der Waals surface area contributed by atoms with Crippen molar-refractivity contribution in [2.45, 2.75) is 30.9 Å². The van der Waals surface area contributed by atoms with Gasteiger partial charge < -0.3 is 9.47 Å². The van der Waals surface area contributed by atoms with E-state index in [2.05, 4.69) is 13.8 Å². The number of ether oxygens (including phenoxy) is 2. The Labute approximate surface area is 147 Å². The maximum atomic E-state index is 13.0. The summed E-state index contributed by atoms with van der Waals surface area (Å²) in [7, 11) is 1.64. The van der Waals surface area contributed by atoms with E-state index in [0.717, 1.165) is 22.6 Å². The van der Waals surface area contributed by atoms with Crippen LogP contribution in [-0.2, 0) is 10.2 Å². The third-order valence-electron chi connectivity index (χ3n) is 4.51. The van der Waals surface area contributed by atoms with E-state index in [-0.39, 0.29) is 5.97 Å². The molecule has 2 aromatic carbocycles. The van der Waals surface area contributed by atoms with Gasteiger partial charge in [-0.1, -0.05) is 44.2 Å². The second kappa shape index (κ2) is 6.89. The lowest BCUT2D eigenvalue weighted by atomic mass is 9.72. The molecule has 0 amide bonds. The van der Waals surface area contributed by atoms with Crippen LogP contribution in [0.1, 0.15) is 31.4 Å². The predicted octanol–water partition coefficient (Wildman–Crippen LogP) is 4.43. The molecular weight excluding hydrogens is 320 g/mol. The second-order valence-electron chi connectivity index (χ2n) is 5.99.